The van der Waals surface area contributed by atoms with Crippen molar-refractivity contribution in [2.75, 3.05) is 18.6 Å². The number of nitrogens with zero attached hydrogens (tertiary/aromatic N) is 2. The summed E-state index contributed by atoms with van der Waals surface area (Å²) >= 11 is 0. The fraction of sp³-hybridized carbons (Fsp3) is 0.500. The molecule has 6 heteroatoms. The largest absolute Gasteiger partial charge is 0.394 e. The van der Waals surface area contributed by atoms with E-state index in [1.165, 1.54) is 6.20 Å². The van der Waals surface area contributed by atoms with Crippen LogP contribution in [0.1, 0.15) is 29.8 Å². The fourth-order valence-corrected chi connectivity index (χ4v) is 2.21. The number of hydrogen-bond donors (Lipinski definition) is 3. The average molecular weight is 250 g/mol. The summed E-state index contributed by atoms with van der Waals surface area (Å²) in [6.07, 6.45) is 4.40. The van der Waals surface area contributed by atoms with Gasteiger partial charge in [0.1, 0.15) is 5.69 Å². The molecule has 18 heavy (non-hydrogen) atoms. The number of amides is 1. The van der Waals surface area contributed by atoms with E-state index >= 15 is 0 Å². The third-order valence-electron chi connectivity index (χ3n) is 3.25. The second-order valence-electron chi connectivity index (χ2n) is 4.41. The van der Waals surface area contributed by atoms with Gasteiger partial charge < -0.3 is 15.4 Å². The zero-order chi connectivity index (χ0) is 13.0. The summed E-state index contributed by atoms with van der Waals surface area (Å²) in [6.45, 7) is 0.691. The maximum atomic E-state index is 12.3. The number of rotatable bonds is 3. The van der Waals surface area contributed by atoms with Crippen LogP contribution in [0.15, 0.2) is 18.3 Å². The molecule has 1 aromatic heterocycles. The Morgan fingerprint density at radius 1 is 1.56 bits per heavy atom. The quantitative estimate of drug-likeness (QED) is 0.532. The van der Waals surface area contributed by atoms with E-state index in [4.69, 9.17) is 5.84 Å². The summed E-state index contributed by atoms with van der Waals surface area (Å²) in [6, 6.07) is 3.26. The monoisotopic (exact) mass is 250 g/mol. The van der Waals surface area contributed by atoms with Crippen molar-refractivity contribution in [2.24, 2.45) is 5.84 Å². The lowest BCUT2D eigenvalue weighted by molar-refractivity contribution is 0.0497. The molecule has 1 saturated heterocycles. The minimum absolute atomic E-state index is 0.00811. The van der Waals surface area contributed by atoms with Gasteiger partial charge in [-0.1, -0.05) is 0 Å². The van der Waals surface area contributed by atoms with Gasteiger partial charge in [-0.25, -0.2) is 4.98 Å². The number of nitrogens with one attached hydrogen (secondary N) is 1. The first-order valence-electron chi connectivity index (χ1n) is 6.10. The zero-order valence-corrected chi connectivity index (χ0v) is 10.2. The van der Waals surface area contributed by atoms with Crippen LogP contribution in [0.3, 0.4) is 0 Å². The Morgan fingerprint density at radius 2 is 2.39 bits per heavy atom. The number of carbonyl (C=O) groups excluding carboxylic acids is 1. The van der Waals surface area contributed by atoms with E-state index in [9.17, 15) is 9.90 Å². The highest BCUT2D eigenvalue weighted by Gasteiger charge is 2.27. The van der Waals surface area contributed by atoms with Crippen molar-refractivity contribution in [1.82, 2.24) is 9.88 Å². The van der Waals surface area contributed by atoms with Gasteiger partial charge in [0, 0.05) is 6.54 Å². The summed E-state index contributed by atoms with van der Waals surface area (Å²) in [5.41, 5.74) is 3.51. The number of aliphatic hydroxyl groups excluding tert-OH is 1. The van der Waals surface area contributed by atoms with Crippen molar-refractivity contribution >= 4 is 11.6 Å². The number of pyridine rings is 1. The Labute approximate surface area is 106 Å². The van der Waals surface area contributed by atoms with E-state index in [1.54, 1.807) is 17.0 Å². The molecule has 0 aromatic carbocycles. The number of likely N-dealkylation sites (tertiary alicyclic amines) is 1. The van der Waals surface area contributed by atoms with Gasteiger partial charge in [0.25, 0.3) is 5.91 Å². The Morgan fingerprint density at radius 3 is 3.00 bits per heavy atom. The number of hydrogen-bond acceptors (Lipinski definition) is 5. The second kappa shape index (κ2) is 5.79. The van der Waals surface area contributed by atoms with E-state index in [0.717, 1.165) is 19.3 Å². The van der Waals surface area contributed by atoms with Crippen LogP contribution in [0.25, 0.3) is 0 Å². The Balaban J connectivity index is 2.13. The van der Waals surface area contributed by atoms with Crippen LogP contribution in [0.2, 0.25) is 0 Å². The molecule has 4 N–H and O–H groups in total. The van der Waals surface area contributed by atoms with Gasteiger partial charge in [0.2, 0.25) is 0 Å². The van der Waals surface area contributed by atoms with Crippen LogP contribution in [-0.4, -0.2) is 40.1 Å². The molecule has 1 fully saturated rings. The summed E-state index contributed by atoms with van der Waals surface area (Å²) in [5, 5.41) is 9.30. The van der Waals surface area contributed by atoms with Crippen molar-refractivity contribution in [1.29, 1.82) is 0 Å². The predicted molar refractivity (Wildman–Crippen MR) is 67.8 cm³/mol. The van der Waals surface area contributed by atoms with Gasteiger partial charge in [-0.2, -0.15) is 0 Å². The molecule has 0 radical (unpaired) electrons. The highest BCUT2D eigenvalue weighted by Crippen LogP contribution is 2.19. The summed E-state index contributed by atoms with van der Waals surface area (Å²) in [4.78, 5) is 18.1. The molecule has 2 heterocycles. The molecule has 1 aliphatic heterocycles. The number of hydrazine groups is 1. The highest BCUT2D eigenvalue weighted by molar-refractivity contribution is 5.92. The highest BCUT2D eigenvalue weighted by atomic mass is 16.3. The van der Waals surface area contributed by atoms with Gasteiger partial charge >= 0.3 is 0 Å². The lowest BCUT2D eigenvalue weighted by Crippen LogP contribution is -2.45. The molecule has 1 aliphatic rings. The van der Waals surface area contributed by atoms with Crippen molar-refractivity contribution in [2.45, 2.75) is 25.3 Å². The molecule has 0 aliphatic carbocycles. The first kappa shape index (κ1) is 12.8. The molecule has 0 saturated carbocycles. The van der Waals surface area contributed by atoms with Crippen molar-refractivity contribution < 1.29 is 9.90 Å². The third-order valence-corrected chi connectivity index (χ3v) is 3.25. The summed E-state index contributed by atoms with van der Waals surface area (Å²) in [7, 11) is 0. The lowest BCUT2D eigenvalue weighted by atomic mass is 10.0. The molecule has 1 amide bonds. The molecular formula is C12H18N4O2. The normalized spacial score (nSPS) is 19.7. The third kappa shape index (κ3) is 2.60. The van der Waals surface area contributed by atoms with Crippen LogP contribution < -0.4 is 11.3 Å². The fourth-order valence-electron chi connectivity index (χ4n) is 2.21. The molecule has 6 nitrogen and oxygen atoms in total. The van der Waals surface area contributed by atoms with Gasteiger partial charge in [-0.15, -0.1) is 0 Å². The number of nitrogens with two attached hydrogens (primary N) is 1. The van der Waals surface area contributed by atoms with Crippen molar-refractivity contribution in [3.05, 3.63) is 24.0 Å². The van der Waals surface area contributed by atoms with E-state index in [1.807, 2.05) is 0 Å². The van der Waals surface area contributed by atoms with Crippen molar-refractivity contribution in [3.63, 3.8) is 0 Å². The van der Waals surface area contributed by atoms with Crippen LogP contribution >= 0.6 is 0 Å². The molecule has 98 valence electrons. The maximum absolute atomic E-state index is 12.3. The van der Waals surface area contributed by atoms with Gasteiger partial charge in [-0.3, -0.25) is 10.6 Å². The number of nitrogen functional groups attached to an aromatic ring is 1. The smallest absolute Gasteiger partial charge is 0.272 e. The molecular weight excluding hydrogens is 232 g/mol. The van der Waals surface area contributed by atoms with E-state index < -0.39 is 0 Å². The molecule has 0 bridgehead atoms. The standard InChI is InChI=1S/C12H18N4O2/c13-15-9-4-5-11(14-7-9)12(18)16-6-2-1-3-10(16)8-17/h4-5,7,10,15,17H,1-3,6,8,13H2. The minimum atomic E-state index is -0.127. The maximum Gasteiger partial charge on any atom is 0.272 e. The second-order valence-corrected chi connectivity index (χ2v) is 4.41. The van der Waals surface area contributed by atoms with Gasteiger partial charge in [0.05, 0.1) is 24.5 Å². The molecule has 1 unspecified atom stereocenters. The number of carbonyl (C=O) groups is 1. The Kier molecular flexibility index (Phi) is 4.11. The predicted octanol–water partition coefficient (Wildman–Crippen LogP) is 0.354. The molecule has 0 spiro atoms. The first-order chi connectivity index (χ1) is 8.76. The van der Waals surface area contributed by atoms with Gasteiger partial charge in [0.15, 0.2) is 0 Å². The van der Waals surface area contributed by atoms with Crippen molar-refractivity contribution in [3.8, 4) is 0 Å². The van der Waals surface area contributed by atoms with E-state index in [0.29, 0.717) is 17.9 Å². The first-order valence-corrected chi connectivity index (χ1v) is 6.10. The summed E-state index contributed by atoms with van der Waals surface area (Å²) in [5.74, 6) is 5.12. The Hall–Kier alpha value is -1.66. The van der Waals surface area contributed by atoms with Crippen LogP contribution in [0, 0.1) is 0 Å². The van der Waals surface area contributed by atoms with Crippen LogP contribution in [0.5, 0.6) is 0 Å². The summed E-state index contributed by atoms with van der Waals surface area (Å²) < 4.78 is 0. The van der Waals surface area contributed by atoms with Crippen LogP contribution in [0.4, 0.5) is 5.69 Å². The van der Waals surface area contributed by atoms with E-state index in [2.05, 4.69) is 10.4 Å². The number of aliphatic hydroxyl groups is 1. The molecule has 1 atom stereocenters. The van der Waals surface area contributed by atoms with E-state index in [-0.39, 0.29) is 18.6 Å². The lowest BCUT2D eigenvalue weighted by Gasteiger charge is -2.34. The van der Waals surface area contributed by atoms with Crippen LogP contribution in [-0.2, 0) is 0 Å². The topological polar surface area (TPSA) is 91.5 Å². The SMILES string of the molecule is NNc1ccc(C(=O)N2CCCCC2CO)nc1. The molecule has 1 aromatic rings. The number of piperidine rings is 1. The number of anilines is 1. The number of aromatic nitrogens is 1. The Bertz CT molecular complexity index is 407. The zero-order valence-electron chi connectivity index (χ0n) is 10.2. The molecule has 2 rings (SSSR count). The minimum Gasteiger partial charge on any atom is -0.394 e. The average Bonchev–Trinajstić information content (AvgIpc) is 2.46. The van der Waals surface area contributed by atoms with Gasteiger partial charge in [-0.05, 0) is 31.4 Å².